The largest absolute Gasteiger partial charge is 0.496 e. The molecule has 26 heavy (non-hydrogen) atoms. The van der Waals surface area contributed by atoms with E-state index < -0.39 is 0 Å². The van der Waals surface area contributed by atoms with Crippen LogP contribution in [0, 0.1) is 0 Å². The Bertz CT molecular complexity index is 910. The van der Waals surface area contributed by atoms with E-state index in [1.807, 2.05) is 36.0 Å². The summed E-state index contributed by atoms with van der Waals surface area (Å²) in [7, 11) is 1.51. The second-order valence-electron chi connectivity index (χ2n) is 5.34. The molecule has 2 heterocycles. The van der Waals surface area contributed by atoms with Gasteiger partial charge in [-0.3, -0.25) is 4.79 Å². The van der Waals surface area contributed by atoms with Crippen LogP contribution in [-0.2, 0) is 0 Å². The zero-order valence-electron chi connectivity index (χ0n) is 14.4. The summed E-state index contributed by atoms with van der Waals surface area (Å²) in [5.41, 5.74) is 1.52. The Hall–Kier alpha value is -2.99. The Morgan fingerprint density at radius 3 is 2.73 bits per heavy atom. The van der Waals surface area contributed by atoms with Crippen LogP contribution in [0.3, 0.4) is 0 Å². The summed E-state index contributed by atoms with van der Waals surface area (Å²) in [5, 5.41) is 3.23. The van der Waals surface area contributed by atoms with Gasteiger partial charge in [-0.1, -0.05) is 11.6 Å². The number of methoxy groups -OCH3 is 1. The number of anilines is 1. The number of nitrogens with one attached hydrogen (secondary N) is 1. The fourth-order valence-electron chi connectivity index (χ4n) is 2.51. The monoisotopic (exact) mass is 371 g/mol. The molecule has 134 valence electrons. The van der Waals surface area contributed by atoms with Gasteiger partial charge in [0.15, 0.2) is 0 Å². The molecule has 0 fully saturated rings. The highest BCUT2D eigenvalue weighted by Gasteiger charge is 2.18. The first-order chi connectivity index (χ1) is 12.6. The van der Waals surface area contributed by atoms with Gasteiger partial charge in [0.1, 0.15) is 11.4 Å². The molecule has 1 amide bonds. The molecule has 3 aromatic rings. The molecule has 6 nitrogen and oxygen atoms in total. The second kappa shape index (κ2) is 7.93. The van der Waals surface area contributed by atoms with Crippen molar-refractivity contribution in [2.75, 3.05) is 19.0 Å². The van der Waals surface area contributed by atoms with Crippen LogP contribution in [0.1, 0.15) is 17.3 Å². The van der Waals surface area contributed by atoms with Crippen molar-refractivity contribution in [3.63, 3.8) is 0 Å². The van der Waals surface area contributed by atoms with Gasteiger partial charge in [0.25, 0.3) is 5.91 Å². The highest BCUT2D eigenvalue weighted by Crippen LogP contribution is 2.31. The molecule has 7 heteroatoms. The topological polar surface area (TPSA) is 65.4 Å². The minimum atomic E-state index is -0.364. The summed E-state index contributed by atoms with van der Waals surface area (Å²) in [6.45, 7) is 2.30. The number of carbonyl (C=O) groups is 1. The molecular weight excluding hydrogens is 354 g/mol. The third-order valence-corrected chi connectivity index (χ3v) is 4.00. The predicted octanol–water partition coefficient (Wildman–Crippen LogP) is 4.19. The Labute approximate surface area is 156 Å². The van der Waals surface area contributed by atoms with Crippen molar-refractivity contribution in [2.24, 2.45) is 0 Å². The van der Waals surface area contributed by atoms with Gasteiger partial charge in [-0.25, -0.2) is 4.98 Å². The first-order valence-corrected chi connectivity index (χ1v) is 8.42. The summed E-state index contributed by atoms with van der Waals surface area (Å²) in [4.78, 5) is 16.9. The lowest BCUT2D eigenvalue weighted by molar-refractivity contribution is 0.102. The smallest absolute Gasteiger partial charge is 0.259 e. The van der Waals surface area contributed by atoms with E-state index in [0.717, 1.165) is 5.69 Å². The Kier molecular flexibility index (Phi) is 5.43. The summed E-state index contributed by atoms with van der Waals surface area (Å²) < 4.78 is 12.7. The number of nitrogens with zero attached hydrogens (tertiary/aromatic N) is 2. The molecule has 0 unspecified atom stereocenters. The summed E-state index contributed by atoms with van der Waals surface area (Å²) in [6.07, 6.45) is 5.33. The van der Waals surface area contributed by atoms with E-state index in [1.165, 1.54) is 7.11 Å². The third-order valence-electron chi connectivity index (χ3n) is 3.70. The van der Waals surface area contributed by atoms with Crippen LogP contribution in [-0.4, -0.2) is 29.2 Å². The van der Waals surface area contributed by atoms with Gasteiger partial charge in [-0.15, -0.1) is 0 Å². The van der Waals surface area contributed by atoms with E-state index in [9.17, 15) is 4.79 Å². The van der Waals surface area contributed by atoms with Crippen LogP contribution in [0.4, 0.5) is 5.69 Å². The molecule has 1 aromatic carbocycles. The van der Waals surface area contributed by atoms with Gasteiger partial charge >= 0.3 is 0 Å². The number of amides is 1. The van der Waals surface area contributed by atoms with Crippen LogP contribution in [0.5, 0.6) is 11.6 Å². The highest BCUT2D eigenvalue weighted by molar-refractivity contribution is 6.33. The van der Waals surface area contributed by atoms with Crippen molar-refractivity contribution < 1.29 is 14.3 Å². The van der Waals surface area contributed by atoms with Crippen molar-refractivity contribution in [2.45, 2.75) is 6.92 Å². The minimum Gasteiger partial charge on any atom is -0.496 e. The van der Waals surface area contributed by atoms with Crippen molar-refractivity contribution in [1.29, 1.82) is 0 Å². The summed E-state index contributed by atoms with van der Waals surface area (Å²) >= 11 is 6.38. The normalized spacial score (nSPS) is 10.4. The average molecular weight is 372 g/mol. The fraction of sp³-hybridized carbons (Fsp3) is 0.158. The molecule has 0 aliphatic rings. The second-order valence-corrected chi connectivity index (χ2v) is 5.74. The van der Waals surface area contributed by atoms with Crippen molar-refractivity contribution in [3.8, 4) is 17.3 Å². The number of carbonyl (C=O) groups excluding carboxylic acids is 1. The summed E-state index contributed by atoms with van der Waals surface area (Å²) in [6, 6.07) is 10.5. The maximum atomic E-state index is 12.8. The third kappa shape index (κ3) is 3.65. The molecule has 0 aliphatic heterocycles. The zero-order chi connectivity index (χ0) is 18.5. The lowest BCUT2D eigenvalue weighted by atomic mass is 10.1. The Morgan fingerprint density at radius 2 is 2.04 bits per heavy atom. The molecule has 0 saturated heterocycles. The van der Waals surface area contributed by atoms with Crippen LogP contribution in [0.25, 0.3) is 5.69 Å². The number of halogens is 1. The lowest BCUT2D eigenvalue weighted by Gasteiger charge is -2.14. The van der Waals surface area contributed by atoms with Crippen LogP contribution < -0.4 is 14.8 Å². The van der Waals surface area contributed by atoms with Crippen molar-refractivity contribution in [1.82, 2.24) is 9.55 Å². The first kappa shape index (κ1) is 17.8. The molecular formula is C19H18ClN3O3. The minimum absolute atomic E-state index is 0.319. The van der Waals surface area contributed by atoms with Gasteiger partial charge < -0.3 is 19.4 Å². The number of aromatic nitrogens is 2. The number of pyridine rings is 1. The molecule has 0 radical (unpaired) electrons. The number of hydrogen-bond donors (Lipinski definition) is 1. The Balaban J connectivity index is 1.94. The SMILES string of the molecule is CCOc1ncccc1NC(=O)c1cc(Cl)c(-n2cccc2)cc1OC. The lowest BCUT2D eigenvalue weighted by Crippen LogP contribution is -2.15. The van der Waals surface area contributed by atoms with E-state index in [1.54, 1.807) is 30.5 Å². The predicted molar refractivity (Wildman–Crippen MR) is 101 cm³/mol. The number of rotatable bonds is 6. The standard InChI is InChI=1S/C19H18ClN3O3/c1-3-26-19-15(7-6-8-21-19)22-18(24)13-11-14(20)16(12-17(13)25-2)23-9-4-5-10-23/h4-12H,3H2,1-2H3,(H,22,24). The fourth-order valence-corrected chi connectivity index (χ4v) is 2.77. The molecule has 0 aliphatic carbocycles. The van der Waals surface area contributed by atoms with Crippen molar-refractivity contribution >= 4 is 23.2 Å². The maximum absolute atomic E-state index is 12.8. The highest BCUT2D eigenvalue weighted by atomic mass is 35.5. The van der Waals surface area contributed by atoms with Crippen LogP contribution >= 0.6 is 11.6 Å². The van der Waals surface area contributed by atoms with E-state index in [0.29, 0.717) is 34.5 Å². The molecule has 1 N–H and O–H groups in total. The van der Waals surface area contributed by atoms with Gasteiger partial charge in [-0.2, -0.15) is 0 Å². The molecule has 0 bridgehead atoms. The Morgan fingerprint density at radius 1 is 1.27 bits per heavy atom. The van der Waals surface area contributed by atoms with Gasteiger partial charge in [0.05, 0.1) is 30.0 Å². The molecule has 2 aromatic heterocycles. The van der Waals surface area contributed by atoms with E-state index >= 15 is 0 Å². The summed E-state index contributed by atoms with van der Waals surface area (Å²) in [5.74, 6) is 0.409. The number of ether oxygens (including phenoxy) is 2. The van der Waals surface area contributed by atoms with Crippen LogP contribution in [0.2, 0.25) is 5.02 Å². The average Bonchev–Trinajstić information content (AvgIpc) is 3.17. The molecule has 0 saturated carbocycles. The molecule has 3 rings (SSSR count). The quantitative estimate of drug-likeness (QED) is 0.705. The van der Waals surface area contributed by atoms with Gasteiger partial charge in [0, 0.05) is 24.7 Å². The number of hydrogen-bond acceptors (Lipinski definition) is 4. The van der Waals surface area contributed by atoms with Crippen molar-refractivity contribution in [3.05, 3.63) is 65.6 Å². The maximum Gasteiger partial charge on any atom is 0.259 e. The molecule has 0 spiro atoms. The van der Waals surface area contributed by atoms with Gasteiger partial charge in [0.2, 0.25) is 5.88 Å². The van der Waals surface area contributed by atoms with E-state index in [-0.39, 0.29) is 5.91 Å². The molecule has 0 atom stereocenters. The van der Waals surface area contributed by atoms with Crippen LogP contribution in [0.15, 0.2) is 55.0 Å². The zero-order valence-corrected chi connectivity index (χ0v) is 15.2. The van der Waals surface area contributed by atoms with E-state index in [2.05, 4.69) is 10.3 Å². The van der Waals surface area contributed by atoms with E-state index in [4.69, 9.17) is 21.1 Å². The van der Waals surface area contributed by atoms with Gasteiger partial charge in [-0.05, 0) is 37.3 Å². The first-order valence-electron chi connectivity index (χ1n) is 8.04. The number of benzene rings is 1.